The standard InChI is InChI=1S/C12H20ClN3/c1-9-5-6-14-11(16-9)15-8-10(13)7-12(2,3)4/h5-6,10H,7-8H2,1-4H3,(H,14,15,16). The summed E-state index contributed by atoms with van der Waals surface area (Å²) in [6.07, 6.45) is 2.71. The second-order valence-corrected chi connectivity index (χ2v) is 5.88. The molecule has 0 aromatic carbocycles. The third-order valence-electron chi connectivity index (χ3n) is 2.11. The number of rotatable bonds is 4. The molecule has 0 radical (unpaired) electrons. The van der Waals surface area contributed by atoms with Crippen LogP contribution < -0.4 is 5.32 Å². The second kappa shape index (κ2) is 5.48. The van der Waals surface area contributed by atoms with E-state index in [1.165, 1.54) is 0 Å². The molecule has 1 atom stereocenters. The molecule has 1 N–H and O–H groups in total. The van der Waals surface area contributed by atoms with E-state index in [1.54, 1.807) is 6.20 Å². The van der Waals surface area contributed by atoms with Gasteiger partial charge in [0.05, 0.1) is 5.38 Å². The molecular formula is C12H20ClN3. The van der Waals surface area contributed by atoms with Crippen molar-refractivity contribution < 1.29 is 0 Å². The topological polar surface area (TPSA) is 37.8 Å². The van der Waals surface area contributed by atoms with Crippen molar-refractivity contribution in [1.29, 1.82) is 0 Å². The lowest BCUT2D eigenvalue weighted by Gasteiger charge is -2.21. The third-order valence-corrected chi connectivity index (χ3v) is 2.42. The van der Waals surface area contributed by atoms with Gasteiger partial charge in [-0.3, -0.25) is 0 Å². The summed E-state index contributed by atoms with van der Waals surface area (Å²) in [5, 5.41) is 3.25. The van der Waals surface area contributed by atoms with Gasteiger partial charge in [-0.15, -0.1) is 11.6 Å². The van der Waals surface area contributed by atoms with Crippen LogP contribution in [0.1, 0.15) is 32.9 Å². The largest absolute Gasteiger partial charge is 0.353 e. The van der Waals surface area contributed by atoms with Gasteiger partial charge in [-0.2, -0.15) is 0 Å². The van der Waals surface area contributed by atoms with Gasteiger partial charge in [0.2, 0.25) is 5.95 Å². The number of hydrogen-bond donors (Lipinski definition) is 1. The van der Waals surface area contributed by atoms with Crippen molar-refractivity contribution in [3.63, 3.8) is 0 Å². The summed E-state index contributed by atoms with van der Waals surface area (Å²) < 4.78 is 0. The fourth-order valence-electron chi connectivity index (χ4n) is 1.47. The average Bonchev–Trinajstić information content (AvgIpc) is 2.12. The Hall–Kier alpha value is -0.830. The van der Waals surface area contributed by atoms with Crippen molar-refractivity contribution in [1.82, 2.24) is 9.97 Å². The van der Waals surface area contributed by atoms with Crippen LogP contribution in [0, 0.1) is 12.3 Å². The first-order valence-electron chi connectivity index (χ1n) is 5.54. The molecule has 3 nitrogen and oxygen atoms in total. The molecule has 0 aliphatic carbocycles. The van der Waals surface area contributed by atoms with Crippen LogP contribution in [0.3, 0.4) is 0 Å². The maximum Gasteiger partial charge on any atom is 0.222 e. The summed E-state index contributed by atoms with van der Waals surface area (Å²) in [4.78, 5) is 8.39. The summed E-state index contributed by atoms with van der Waals surface area (Å²) in [6, 6.07) is 1.87. The zero-order valence-corrected chi connectivity index (χ0v) is 11.2. The van der Waals surface area contributed by atoms with Crippen LogP contribution >= 0.6 is 11.6 Å². The lowest BCUT2D eigenvalue weighted by molar-refractivity contribution is 0.373. The van der Waals surface area contributed by atoms with Crippen molar-refractivity contribution in [2.45, 2.75) is 39.5 Å². The molecule has 0 spiro atoms. The molecule has 90 valence electrons. The van der Waals surface area contributed by atoms with E-state index < -0.39 is 0 Å². The van der Waals surface area contributed by atoms with Crippen LogP contribution in [-0.2, 0) is 0 Å². The quantitative estimate of drug-likeness (QED) is 0.823. The second-order valence-electron chi connectivity index (χ2n) is 5.26. The van der Waals surface area contributed by atoms with Gasteiger partial charge >= 0.3 is 0 Å². The molecule has 0 saturated carbocycles. The third kappa shape index (κ3) is 5.31. The van der Waals surface area contributed by atoms with E-state index in [-0.39, 0.29) is 10.8 Å². The van der Waals surface area contributed by atoms with Gasteiger partial charge in [0.1, 0.15) is 0 Å². The van der Waals surface area contributed by atoms with E-state index in [9.17, 15) is 0 Å². The highest BCUT2D eigenvalue weighted by Gasteiger charge is 2.16. The monoisotopic (exact) mass is 241 g/mol. The minimum absolute atomic E-state index is 0.101. The highest BCUT2D eigenvalue weighted by atomic mass is 35.5. The van der Waals surface area contributed by atoms with Gasteiger partial charge in [0.15, 0.2) is 0 Å². The summed E-state index contributed by atoms with van der Waals surface area (Å²) >= 11 is 6.24. The van der Waals surface area contributed by atoms with Gasteiger partial charge in [0.25, 0.3) is 0 Å². The number of nitrogens with one attached hydrogen (secondary N) is 1. The molecular weight excluding hydrogens is 222 g/mol. The van der Waals surface area contributed by atoms with Gasteiger partial charge in [-0.05, 0) is 24.8 Å². The maximum atomic E-state index is 6.24. The number of anilines is 1. The van der Waals surface area contributed by atoms with Gasteiger partial charge < -0.3 is 5.32 Å². The first-order valence-corrected chi connectivity index (χ1v) is 5.98. The molecule has 1 heterocycles. The minimum Gasteiger partial charge on any atom is -0.353 e. The zero-order chi connectivity index (χ0) is 12.2. The molecule has 0 saturated heterocycles. The molecule has 1 rings (SSSR count). The number of halogens is 1. The van der Waals surface area contributed by atoms with Gasteiger partial charge in [0, 0.05) is 18.4 Å². The summed E-state index contributed by atoms with van der Waals surface area (Å²) in [6.45, 7) is 9.20. The summed E-state index contributed by atoms with van der Waals surface area (Å²) in [7, 11) is 0. The van der Waals surface area contributed by atoms with Crippen molar-refractivity contribution >= 4 is 17.5 Å². The van der Waals surface area contributed by atoms with Gasteiger partial charge in [-0.25, -0.2) is 9.97 Å². The molecule has 1 unspecified atom stereocenters. The minimum atomic E-state index is 0.101. The Labute approximate surface area is 103 Å². The molecule has 16 heavy (non-hydrogen) atoms. The van der Waals surface area contributed by atoms with Crippen molar-refractivity contribution in [3.05, 3.63) is 18.0 Å². The number of aryl methyl sites for hydroxylation is 1. The Balaban J connectivity index is 2.40. The van der Waals surface area contributed by atoms with Crippen molar-refractivity contribution in [2.24, 2.45) is 5.41 Å². The van der Waals surface area contributed by atoms with Crippen LogP contribution in [0.4, 0.5) is 5.95 Å². The van der Waals surface area contributed by atoms with E-state index in [0.29, 0.717) is 12.5 Å². The molecule has 0 aliphatic rings. The fourth-order valence-corrected chi connectivity index (χ4v) is 2.01. The predicted molar refractivity (Wildman–Crippen MR) is 69.0 cm³/mol. The number of nitrogens with zero attached hydrogens (tertiary/aromatic N) is 2. The Morgan fingerprint density at radius 2 is 2.12 bits per heavy atom. The lowest BCUT2D eigenvalue weighted by Crippen LogP contribution is -2.21. The van der Waals surface area contributed by atoms with E-state index in [4.69, 9.17) is 11.6 Å². The smallest absolute Gasteiger partial charge is 0.222 e. The molecule has 0 aliphatic heterocycles. The summed E-state index contributed by atoms with van der Waals surface area (Å²) in [5.74, 6) is 0.652. The number of alkyl halides is 1. The van der Waals surface area contributed by atoms with Crippen molar-refractivity contribution in [2.75, 3.05) is 11.9 Å². The van der Waals surface area contributed by atoms with Crippen LogP contribution in [-0.4, -0.2) is 21.9 Å². The van der Waals surface area contributed by atoms with Crippen LogP contribution in [0.25, 0.3) is 0 Å². The Morgan fingerprint density at radius 1 is 1.44 bits per heavy atom. The van der Waals surface area contributed by atoms with Crippen LogP contribution in [0.2, 0.25) is 0 Å². The molecule has 1 aromatic rings. The van der Waals surface area contributed by atoms with Crippen LogP contribution in [0.5, 0.6) is 0 Å². The first kappa shape index (κ1) is 13.2. The molecule has 0 fully saturated rings. The Morgan fingerprint density at radius 3 is 2.69 bits per heavy atom. The highest BCUT2D eigenvalue weighted by molar-refractivity contribution is 6.20. The number of hydrogen-bond acceptors (Lipinski definition) is 3. The molecule has 0 bridgehead atoms. The van der Waals surface area contributed by atoms with Crippen molar-refractivity contribution in [3.8, 4) is 0 Å². The lowest BCUT2D eigenvalue weighted by atomic mass is 9.90. The van der Waals surface area contributed by atoms with E-state index >= 15 is 0 Å². The Bertz CT molecular complexity index is 333. The first-order chi connectivity index (χ1) is 7.37. The Kier molecular flexibility index (Phi) is 4.54. The molecule has 4 heteroatoms. The van der Waals surface area contributed by atoms with E-state index in [1.807, 2.05) is 13.0 Å². The predicted octanol–water partition coefficient (Wildman–Crippen LogP) is 3.24. The number of aromatic nitrogens is 2. The summed E-state index contributed by atoms with van der Waals surface area (Å²) in [5.41, 5.74) is 1.21. The maximum absolute atomic E-state index is 6.24. The normalized spacial score (nSPS) is 13.6. The van der Waals surface area contributed by atoms with Crippen LogP contribution in [0.15, 0.2) is 12.3 Å². The fraction of sp³-hybridized carbons (Fsp3) is 0.667. The zero-order valence-electron chi connectivity index (χ0n) is 10.4. The van der Waals surface area contributed by atoms with E-state index in [2.05, 4.69) is 36.1 Å². The SMILES string of the molecule is Cc1ccnc(NCC(Cl)CC(C)(C)C)n1. The molecule has 1 aromatic heterocycles. The molecule has 0 amide bonds. The van der Waals surface area contributed by atoms with Gasteiger partial charge in [-0.1, -0.05) is 20.8 Å². The highest BCUT2D eigenvalue weighted by Crippen LogP contribution is 2.23. The average molecular weight is 242 g/mol. The van der Waals surface area contributed by atoms with E-state index in [0.717, 1.165) is 12.1 Å².